The van der Waals surface area contributed by atoms with E-state index in [-0.39, 0.29) is 5.91 Å². The first-order valence-electron chi connectivity index (χ1n) is 8.34. The molecule has 3 aromatic rings. The van der Waals surface area contributed by atoms with Crippen LogP contribution < -0.4 is 4.90 Å². The van der Waals surface area contributed by atoms with Crippen LogP contribution in [0.25, 0.3) is 11.6 Å². The number of fused-ring (bicyclic) bond motifs is 1. The van der Waals surface area contributed by atoms with Crippen molar-refractivity contribution in [2.45, 2.75) is 20.8 Å². The van der Waals surface area contributed by atoms with Gasteiger partial charge in [0.05, 0.1) is 11.3 Å². The number of benzene rings is 2. The Morgan fingerprint density at radius 3 is 2.32 bits per heavy atom. The maximum atomic E-state index is 13.2. The highest BCUT2D eigenvalue weighted by Crippen LogP contribution is 2.43. The second kappa shape index (κ2) is 5.78. The Balaban J connectivity index is 1.92. The van der Waals surface area contributed by atoms with Gasteiger partial charge in [-0.3, -0.25) is 9.69 Å². The summed E-state index contributed by atoms with van der Waals surface area (Å²) in [5.41, 5.74) is 5.75. The number of aryl methyl sites for hydroxylation is 3. The van der Waals surface area contributed by atoms with Gasteiger partial charge in [-0.05, 0) is 74.4 Å². The molecule has 4 rings (SSSR count). The molecular weight excluding hydrogens is 310 g/mol. The molecule has 0 unspecified atom stereocenters. The van der Waals surface area contributed by atoms with Crippen molar-refractivity contribution < 1.29 is 9.21 Å². The van der Waals surface area contributed by atoms with Crippen LogP contribution in [-0.4, -0.2) is 5.91 Å². The largest absolute Gasteiger partial charge is 0.462 e. The van der Waals surface area contributed by atoms with Gasteiger partial charge in [-0.15, -0.1) is 0 Å². The summed E-state index contributed by atoms with van der Waals surface area (Å²) in [6, 6.07) is 17.7. The zero-order chi connectivity index (χ0) is 17.6. The fourth-order valence-corrected chi connectivity index (χ4v) is 3.19. The fraction of sp³-hybridized carbons (Fsp3) is 0.136. The molecule has 0 spiro atoms. The molecule has 0 atom stereocenters. The molecule has 0 radical (unpaired) electrons. The van der Waals surface area contributed by atoms with Gasteiger partial charge in [0.1, 0.15) is 11.5 Å². The van der Waals surface area contributed by atoms with E-state index in [0.29, 0.717) is 11.3 Å². The maximum Gasteiger partial charge on any atom is 0.263 e. The summed E-state index contributed by atoms with van der Waals surface area (Å²) in [7, 11) is 0. The van der Waals surface area contributed by atoms with Gasteiger partial charge < -0.3 is 4.42 Å². The lowest BCUT2D eigenvalue weighted by Gasteiger charge is -2.18. The number of para-hydroxylation sites is 1. The van der Waals surface area contributed by atoms with Crippen LogP contribution in [-0.2, 0) is 4.79 Å². The van der Waals surface area contributed by atoms with Crippen LogP contribution in [0.4, 0.5) is 11.4 Å². The van der Waals surface area contributed by atoms with E-state index in [1.165, 1.54) is 11.1 Å². The average molecular weight is 329 g/mol. The van der Waals surface area contributed by atoms with Crippen molar-refractivity contribution in [3.8, 4) is 0 Å². The Morgan fingerprint density at radius 2 is 1.64 bits per heavy atom. The topological polar surface area (TPSA) is 33.5 Å². The number of amides is 1. The van der Waals surface area contributed by atoms with Crippen molar-refractivity contribution in [1.82, 2.24) is 0 Å². The van der Waals surface area contributed by atoms with E-state index in [1.807, 2.05) is 55.5 Å². The van der Waals surface area contributed by atoms with Gasteiger partial charge in [0.15, 0.2) is 0 Å². The number of carbonyl (C=O) groups excluding carboxylic acids is 1. The van der Waals surface area contributed by atoms with Gasteiger partial charge in [0.25, 0.3) is 5.91 Å². The molecular formula is C22H19NO2. The average Bonchev–Trinajstić information content (AvgIpc) is 3.12. The summed E-state index contributed by atoms with van der Waals surface area (Å²) in [5.74, 6) is 1.50. The molecule has 0 saturated heterocycles. The van der Waals surface area contributed by atoms with Crippen molar-refractivity contribution in [2.75, 3.05) is 4.90 Å². The molecule has 25 heavy (non-hydrogen) atoms. The summed E-state index contributed by atoms with van der Waals surface area (Å²) in [6.45, 7) is 6.04. The standard InChI is InChI=1S/C22H19NO2/c1-14-11-19-20(13-18-10-9-16(3)25-18)22(24)23(21(19)12-15(14)2)17-7-5-4-6-8-17/h4-13H,1-3H3/b20-13-. The van der Waals surface area contributed by atoms with Crippen molar-refractivity contribution in [3.63, 3.8) is 0 Å². The third-order valence-corrected chi connectivity index (χ3v) is 4.64. The first kappa shape index (κ1) is 15.5. The van der Waals surface area contributed by atoms with Gasteiger partial charge in [-0.2, -0.15) is 0 Å². The minimum atomic E-state index is -0.0275. The number of rotatable bonds is 2. The highest BCUT2D eigenvalue weighted by Gasteiger charge is 2.34. The first-order chi connectivity index (χ1) is 12.0. The third kappa shape index (κ3) is 2.58. The van der Waals surface area contributed by atoms with Crippen molar-refractivity contribution >= 4 is 28.9 Å². The molecule has 3 nitrogen and oxygen atoms in total. The van der Waals surface area contributed by atoms with Crippen molar-refractivity contribution in [3.05, 3.63) is 82.8 Å². The van der Waals surface area contributed by atoms with Gasteiger partial charge in [0, 0.05) is 11.3 Å². The molecule has 124 valence electrons. The predicted octanol–water partition coefficient (Wildman–Crippen LogP) is 5.42. The second-order valence-electron chi connectivity index (χ2n) is 6.44. The van der Waals surface area contributed by atoms with Crippen molar-refractivity contribution in [2.24, 2.45) is 0 Å². The van der Waals surface area contributed by atoms with E-state index in [0.717, 1.165) is 22.7 Å². The van der Waals surface area contributed by atoms with E-state index >= 15 is 0 Å². The fourth-order valence-electron chi connectivity index (χ4n) is 3.19. The van der Waals surface area contributed by atoms with E-state index in [1.54, 1.807) is 4.90 Å². The summed E-state index contributed by atoms with van der Waals surface area (Å²) in [6.07, 6.45) is 1.84. The number of nitrogens with zero attached hydrogens (tertiary/aromatic N) is 1. The van der Waals surface area contributed by atoms with Crippen LogP contribution >= 0.6 is 0 Å². The maximum absolute atomic E-state index is 13.2. The van der Waals surface area contributed by atoms with Crippen LogP contribution in [0.2, 0.25) is 0 Å². The molecule has 1 amide bonds. The molecule has 0 aliphatic carbocycles. The normalized spacial score (nSPS) is 15.1. The molecule has 1 aliphatic heterocycles. The third-order valence-electron chi connectivity index (χ3n) is 4.64. The van der Waals surface area contributed by atoms with Gasteiger partial charge in [-0.1, -0.05) is 18.2 Å². The summed E-state index contributed by atoms with van der Waals surface area (Å²) in [5, 5.41) is 0. The Hall–Kier alpha value is -3.07. The number of hydrogen-bond acceptors (Lipinski definition) is 2. The van der Waals surface area contributed by atoms with Gasteiger partial charge in [-0.25, -0.2) is 0 Å². The van der Waals surface area contributed by atoms with E-state index in [2.05, 4.69) is 26.0 Å². The number of hydrogen-bond donors (Lipinski definition) is 0. The first-order valence-corrected chi connectivity index (χ1v) is 8.34. The lowest BCUT2D eigenvalue weighted by molar-refractivity contribution is -0.112. The molecule has 0 fully saturated rings. The number of furan rings is 1. The predicted molar refractivity (Wildman–Crippen MR) is 101 cm³/mol. The van der Waals surface area contributed by atoms with Crippen LogP contribution in [0.3, 0.4) is 0 Å². The molecule has 2 heterocycles. The lowest BCUT2D eigenvalue weighted by Crippen LogP contribution is -2.20. The Bertz CT molecular complexity index is 996. The minimum absolute atomic E-state index is 0.0275. The number of carbonyl (C=O) groups is 1. The van der Waals surface area contributed by atoms with Crippen molar-refractivity contribution in [1.29, 1.82) is 0 Å². The molecule has 1 aliphatic rings. The highest BCUT2D eigenvalue weighted by molar-refractivity contribution is 6.37. The quantitative estimate of drug-likeness (QED) is 0.588. The molecule has 0 N–H and O–H groups in total. The minimum Gasteiger partial charge on any atom is -0.462 e. The zero-order valence-electron chi connectivity index (χ0n) is 14.5. The van der Waals surface area contributed by atoms with E-state index < -0.39 is 0 Å². The summed E-state index contributed by atoms with van der Waals surface area (Å²) >= 11 is 0. The Labute approximate surface area is 147 Å². The smallest absolute Gasteiger partial charge is 0.263 e. The molecule has 3 heteroatoms. The van der Waals surface area contributed by atoms with Gasteiger partial charge >= 0.3 is 0 Å². The molecule has 0 bridgehead atoms. The van der Waals surface area contributed by atoms with Crippen LogP contribution in [0.1, 0.15) is 28.2 Å². The molecule has 1 aromatic heterocycles. The Morgan fingerprint density at radius 1 is 0.920 bits per heavy atom. The summed E-state index contributed by atoms with van der Waals surface area (Å²) in [4.78, 5) is 15.0. The highest BCUT2D eigenvalue weighted by atomic mass is 16.3. The molecule has 2 aromatic carbocycles. The van der Waals surface area contributed by atoms with E-state index in [4.69, 9.17) is 4.42 Å². The summed E-state index contributed by atoms with van der Waals surface area (Å²) < 4.78 is 5.66. The SMILES string of the molecule is Cc1ccc(/C=C2\C(=O)N(c3ccccc3)c3cc(C)c(C)cc32)o1. The number of anilines is 2. The second-order valence-corrected chi connectivity index (χ2v) is 6.44. The molecule has 0 saturated carbocycles. The van der Waals surface area contributed by atoms with Crippen LogP contribution in [0.5, 0.6) is 0 Å². The van der Waals surface area contributed by atoms with Crippen LogP contribution in [0.15, 0.2) is 59.0 Å². The monoisotopic (exact) mass is 329 g/mol. The van der Waals surface area contributed by atoms with E-state index in [9.17, 15) is 4.79 Å². The van der Waals surface area contributed by atoms with Gasteiger partial charge in [0.2, 0.25) is 0 Å². The lowest BCUT2D eigenvalue weighted by atomic mass is 10.0. The zero-order valence-corrected chi connectivity index (χ0v) is 14.5. The van der Waals surface area contributed by atoms with Crippen LogP contribution in [0, 0.1) is 20.8 Å². The Kier molecular flexibility index (Phi) is 3.57.